The Bertz CT molecular complexity index is 547. The van der Waals surface area contributed by atoms with Crippen LogP contribution in [-0.2, 0) is 4.79 Å². The van der Waals surface area contributed by atoms with Crippen LogP contribution in [0.2, 0.25) is 0 Å². The molecule has 0 spiro atoms. The number of benzene rings is 1. The molecular formula is C20H36IN5O. The van der Waals surface area contributed by atoms with Crippen LogP contribution < -0.4 is 16.0 Å². The van der Waals surface area contributed by atoms with Crippen LogP contribution in [0.5, 0.6) is 0 Å². The zero-order chi connectivity index (χ0) is 19.4. The minimum absolute atomic E-state index is 0. The van der Waals surface area contributed by atoms with E-state index in [1.165, 1.54) is 5.56 Å². The highest BCUT2D eigenvalue weighted by atomic mass is 127. The molecule has 1 rings (SSSR count). The van der Waals surface area contributed by atoms with Gasteiger partial charge in [0.15, 0.2) is 5.96 Å². The fourth-order valence-electron chi connectivity index (χ4n) is 2.90. The van der Waals surface area contributed by atoms with Crippen LogP contribution in [0.1, 0.15) is 45.7 Å². The minimum atomic E-state index is 0. The summed E-state index contributed by atoms with van der Waals surface area (Å²) in [7, 11) is 1.75. The third-order valence-electron chi connectivity index (χ3n) is 4.22. The van der Waals surface area contributed by atoms with E-state index in [1.807, 2.05) is 19.9 Å². The Labute approximate surface area is 181 Å². The van der Waals surface area contributed by atoms with Crippen molar-refractivity contribution < 1.29 is 4.79 Å². The van der Waals surface area contributed by atoms with E-state index >= 15 is 0 Å². The lowest BCUT2D eigenvalue weighted by Crippen LogP contribution is -2.44. The number of nitrogens with zero attached hydrogens (tertiary/aromatic N) is 2. The van der Waals surface area contributed by atoms with Crippen LogP contribution in [0.4, 0.5) is 0 Å². The number of guanidine groups is 1. The summed E-state index contributed by atoms with van der Waals surface area (Å²) in [4.78, 5) is 18.4. The van der Waals surface area contributed by atoms with E-state index in [-0.39, 0.29) is 42.0 Å². The van der Waals surface area contributed by atoms with E-state index in [4.69, 9.17) is 0 Å². The number of hydrogen-bond acceptors (Lipinski definition) is 3. The lowest BCUT2D eigenvalue weighted by Gasteiger charge is -2.30. The molecular weight excluding hydrogens is 453 g/mol. The molecule has 0 aliphatic carbocycles. The van der Waals surface area contributed by atoms with Gasteiger partial charge in [-0.1, -0.05) is 44.2 Å². The van der Waals surface area contributed by atoms with Crippen molar-refractivity contribution in [2.45, 2.75) is 46.2 Å². The van der Waals surface area contributed by atoms with Crippen LogP contribution in [-0.4, -0.2) is 56.0 Å². The number of aliphatic imine (C=N–C) groups is 1. The molecule has 3 N–H and O–H groups in total. The Morgan fingerprint density at radius 1 is 1.11 bits per heavy atom. The highest BCUT2D eigenvalue weighted by molar-refractivity contribution is 14.0. The summed E-state index contributed by atoms with van der Waals surface area (Å²) in [5.41, 5.74) is 1.29. The van der Waals surface area contributed by atoms with Gasteiger partial charge in [-0.2, -0.15) is 0 Å². The summed E-state index contributed by atoms with van der Waals surface area (Å²) in [5, 5.41) is 9.50. The van der Waals surface area contributed by atoms with Crippen molar-refractivity contribution in [1.82, 2.24) is 20.9 Å². The first-order chi connectivity index (χ1) is 12.5. The van der Waals surface area contributed by atoms with Crippen molar-refractivity contribution in [3.05, 3.63) is 35.9 Å². The highest BCUT2D eigenvalue weighted by Crippen LogP contribution is 2.19. The maximum Gasteiger partial charge on any atom is 0.221 e. The first-order valence-electron chi connectivity index (χ1n) is 9.54. The van der Waals surface area contributed by atoms with Crippen LogP contribution in [0, 0.1) is 0 Å². The first kappa shape index (κ1) is 25.6. The van der Waals surface area contributed by atoms with E-state index in [9.17, 15) is 4.79 Å². The summed E-state index contributed by atoms with van der Waals surface area (Å²) in [6.07, 6.45) is 0.428. The normalized spacial score (nSPS) is 12.5. The van der Waals surface area contributed by atoms with E-state index < -0.39 is 0 Å². The molecule has 154 valence electrons. The Morgan fingerprint density at radius 2 is 1.74 bits per heavy atom. The highest BCUT2D eigenvalue weighted by Gasteiger charge is 2.18. The van der Waals surface area contributed by atoms with Crippen LogP contribution in [0.3, 0.4) is 0 Å². The number of carbonyl (C=O) groups is 1. The largest absolute Gasteiger partial charge is 0.356 e. The zero-order valence-electron chi connectivity index (χ0n) is 17.3. The quantitative estimate of drug-likeness (QED) is 0.269. The number of hydrogen-bond donors (Lipinski definition) is 3. The molecule has 1 aromatic rings. The molecule has 0 saturated carbocycles. The van der Waals surface area contributed by atoms with Gasteiger partial charge in [0.2, 0.25) is 5.91 Å². The third kappa shape index (κ3) is 9.95. The second-order valence-electron chi connectivity index (χ2n) is 6.50. The van der Waals surface area contributed by atoms with Gasteiger partial charge >= 0.3 is 0 Å². The number of amides is 1. The molecule has 0 bridgehead atoms. The monoisotopic (exact) mass is 489 g/mol. The van der Waals surface area contributed by atoms with E-state index in [0.717, 1.165) is 25.6 Å². The topological polar surface area (TPSA) is 68.8 Å². The number of nitrogens with one attached hydrogen (secondary N) is 3. The van der Waals surface area contributed by atoms with Gasteiger partial charge in [0.05, 0.1) is 6.04 Å². The fraction of sp³-hybridized carbons (Fsp3) is 0.600. The van der Waals surface area contributed by atoms with E-state index in [1.54, 1.807) is 7.05 Å². The Hall–Kier alpha value is -1.35. The van der Waals surface area contributed by atoms with Crippen LogP contribution in [0.15, 0.2) is 35.3 Å². The summed E-state index contributed by atoms with van der Waals surface area (Å²) < 4.78 is 0. The molecule has 0 aromatic heterocycles. The van der Waals surface area contributed by atoms with Gasteiger partial charge in [-0.15, -0.1) is 24.0 Å². The van der Waals surface area contributed by atoms with Gasteiger partial charge in [0.25, 0.3) is 0 Å². The van der Waals surface area contributed by atoms with Gasteiger partial charge < -0.3 is 16.0 Å². The van der Waals surface area contributed by atoms with Gasteiger partial charge in [-0.25, -0.2) is 0 Å². The lowest BCUT2D eigenvalue weighted by molar-refractivity contribution is -0.121. The SMILES string of the molecule is CCN(CC)C(CNC(=NC)NCCC(=O)NC(C)C)c1ccccc1.I. The second-order valence-corrected chi connectivity index (χ2v) is 6.50. The van der Waals surface area contributed by atoms with E-state index in [2.05, 4.69) is 64.0 Å². The molecule has 6 nitrogen and oxygen atoms in total. The molecule has 0 aliphatic heterocycles. The molecule has 1 atom stereocenters. The molecule has 0 heterocycles. The van der Waals surface area contributed by atoms with Crippen molar-refractivity contribution in [3.63, 3.8) is 0 Å². The van der Waals surface area contributed by atoms with Gasteiger partial charge in [-0.3, -0.25) is 14.7 Å². The predicted molar refractivity (Wildman–Crippen MR) is 125 cm³/mol. The predicted octanol–water partition coefficient (Wildman–Crippen LogP) is 2.77. The van der Waals surface area contributed by atoms with Crippen molar-refractivity contribution in [2.24, 2.45) is 4.99 Å². The molecule has 0 fully saturated rings. The summed E-state index contributed by atoms with van der Waals surface area (Å²) in [6.45, 7) is 11.6. The summed E-state index contributed by atoms with van der Waals surface area (Å²) in [6, 6.07) is 11.0. The molecule has 27 heavy (non-hydrogen) atoms. The smallest absolute Gasteiger partial charge is 0.221 e. The zero-order valence-corrected chi connectivity index (χ0v) is 19.6. The summed E-state index contributed by atoms with van der Waals surface area (Å²) >= 11 is 0. The van der Waals surface area contributed by atoms with Crippen LogP contribution in [0.25, 0.3) is 0 Å². The number of rotatable bonds is 10. The second kappa shape index (κ2) is 14.7. The number of likely N-dealkylation sites (N-methyl/N-ethyl adjacent to an activating group) is 1. The molecule has 0 radical (unpaired) electrons. The third-order valence-corrected chi connectivity index (χ3v) is 4.22. The van der Waals surface area contributed by atoms with Crippen LogP contribution >= 0.6 is 24.0 Å². The maximum atomic E-state index is 11.7. The average Bonchev–Trinajstić information content (AvgIpc) is 2.63. The molecule has 0 aliphatic rings. The Kier molecular flexibility index (Phi) is 13.9. The molecule has 1 unspecified atom stereocenters. The van der Waals surface area contributed by atoms with Crippen molar-refractivity contribution in [2.75, 3.05) is 33.2 Å². The van der Waals surface area contributed by atoms with E-state index in [0.29, 0.717) is 13.0 Å². The number of halogens is 1. The van der Waals surface area contributed by atoms with Gasteiger partial charge in [-0.05, 0) is 32.5 Å². The Balaban J connectivity index is 0.00000676. The van der Waals surface area contributed by atoms with Gasteiger partial charge in [0.1, 0.15) is 0 Å². The molecule has 1 amide bonds. The molecule has 1 aromatic carbocycles. The van der Waals surface area contributed by atoms with Crippen molar-refractivity contribution >= 4 is 35.8 Å². The molecule has 7 heteroatoms. The van der Waals surface area contributed by atoms with Crippen molar-refractivity contribution in [1.29, 1.82) is 0 Å². The summed E-state index contributed by atoms with van der Waals surface area (Å²) in [5.74, 6) is 0.767. The first-order valence-corrected chi connectivity index (χ1v) is 9.54. The average molecular weight is 489 g/mol. The van der Waals surface area contributed by atoms with Gasteiger partial charge in [0, 0.05) is 32.6 Å². The lowest BCUT2D eigenvalue weighted by atomic mass is 10.1. The standard InChI is InChI=1S/C20H35N5O.HI/c1-6-25(7-2)18(17-11-9-8-10-12-17)15-23-20(21-5)22-14-13-19(26)24-16(3)4;/h8-12,16,18H,6-7,13-15H2,1-5H3,(H,24,26)(H2,21,22,23);1H. The van der Waals surface area contributed by atoms with Crippen molar-refractivity contribution in [3.8, 4) is 0 Å². The minimum Gasteiger partial charge on any atom is -0.356 e. The number of carbonyl (C=O) groups excluding carboxylic acids is 1. The molecule has 0 saturated heterocycles. The fourth-order valence-corrected chi connectivity index (χ4v) is 2.90. The maximum absolute atomic E-state index is 11.7. The Morgan fingerprint density at radius 3 is 2.26 bits per heavy atom.